The van der Waals surface area contributed by atoms with Gasteiger partial charge in [-0.2, -0.15) is 13.2 Å². The molecule has 0 unspecified atom stereocenters. The molecular weight excluding hydrogens is 165 g/mol. The maximum atomic E-state index is 12.0. The van der Waals surface area contributed by atoms with Crippen molar-refractivity contribution in [1.82, 2.24) is 0 Å². The molecule has 1 aromatic rings. The van der Waals surface area contributed by atoms with E-state index in [0.717, 1.165) is 0 Å². The number of allylic oxidation sites excluding steroid dienone is 1. The number of hydrogen-bond donors (Lipinski definition) is 0. The molecule has 0 saturated carbocycles. The van der Waals surface area contributed by atoms with Crippen LogP contribution in [0.3, 0.4) is 0 Å². The van der Waals surface area contributed by atoms with Crippen LogP contribution in [0.25, 0.3) is 5.57 Å². The fourth-order valence-corrected chi connectivity index (χ4v) is 0.781. The van der Waals surface area contributed by atoms with Crippen molar-refractivity contribution in [2.45, 2.75) is 6.18 Å². The van der Waals surface area contributed by atoms with Gasteiger partial charge in [0.25, 0.3) is 5.57 Å². The van der Waals surface area contributed by atoms with Crippen LogP contribution in [0, 0.1) is 6.58 Å². The zero-order chi connectivity index (χ0) is 9.19. The first-order chi connectivity index (χ1) is 5.52. The van der Waals surface area contributed by atoms with E-state index in [1.54, 1.807) is 6.07 Å². The molecule has 0 aliphatic rings. The van der Waals surface area contributed by atoms with Gasteiger partial charge in [0.2, 0.25) is 0 Å². The summed E-state index contributed by atoms with van der Waals surface area (Å²) in [5, 5.41) is 0. The second-order valence-corrected chi connectivity index (χ2v) is 2.28. The van der Waals surface area contributed by atoms with E-state index in [1.807, 2.05) is 0 Å². The molecule has 0 aliphatic heterocycles. The molecule has 3 heteroatoms. The lowest BCUT2D eigenvalue weighted by Crippen LogP contribution is -2.09. The highest BCUT2D eigenvalue weighted by atomic mass is 19.4. The van der Waals surface area contributed by atoms with Crippen LogP contribution in [-0.4, -0.2) is 6.18 Å². The minimum absolute atomic E-state index is 0.00463. The van der Waals surface area contributed by atoms with E-state index in [0.29, 0.717) is 0 Å². The molecule has 1 aromatic carbocycles. The summed E-state index contributed by atoms with van der Waals surface area (Å²) in [7, 11) is 0. The fourth-order valence-electron chi connectivity index (χ4n) is 0.781. The molecule has 12 heavy (non-hydrogen) atoms. The molecule has 0 aromatic heterocycles. The van der Waals surface area contributed by atoms with Crippen LogP contribution in [0.1, 0.15) is 5.56 Å². The summed E-state index contributed by atoms with van der Waals surface area (Å²) in [5.41, 5.74) is -1.05. The largest absolute Gasteiger partial charge is 0.464 e. The number of rotatable bonds is 1. The third kappa shape index (κ3) is 1.83. The predicted molar refractivity (Wildman–Crippen MR) is 40.2 cm³/mol. The zero-order valence-corrected chi connectivity index (χ0v) is 6.10. The number of hydrogen-bond acceptors (Lipinski definition) is 0. The highest BCUT2D eigenvalue weighted by molar-refractivity contribution is 5.65. The SMILES string of the molecule is [CH+]=C(c1ccccc1)C(F)(F)F. The summed E-state index contributed by atoms with van der Waals surface area (Å²) in [5.74, 6) is 0. The molecule has 0 heterocycles. The van der Waals surface area contributed by atoms with Gasteiger partial charge in [-0.1, -0.05) is 6.07 Å². The fraction of sp³-hybridized carbons (Fsp3) is 0.111. The van der Waals surface area contributed by atoms with E-state index in [-0.39, 0.29) is 5.56 Å². The Morgan fingerprint density at radius 1 is 1.08 bits per heavy atom. The Hall–Kier alpha value is -1.34. The van der Waals surface area contributed by atoms with Crippen LogP contribution >= 0.6 is 0 Å². The highest BCUT2D eigenvalue weighted by Crippen LogP contribution is 2.31. The van der Waals surface area contributed by atoms with Crippen molar-refractivity contribution in [1.29, 1.82) is 0 Å². The standard InChI is InChI=1S/C9H6F3/c1-7(9(10,11)12)8-5-3-2-4-6-8/h1-6H/q+1. The van der Waals surface area contributed by atoms with Gasteiger partial charge in [-0.15, -0.1) is 0 Å². The van der Waals surface area contributed by atoms with E-state index >= 15 is 0 Å². The molecule has 0 nitrogen and oxygen atoms in total. The third-order valence-electron chi connectivity index (χ3n) is 1.39. The van der Waals surface area contributed by atoms with Crippen molar-refractivity contribution >= 4 is 5.57 Å². The van der Waals surface area contributed by atoms with Crippen molar-refractivity contribution in [3.8, 4) is 0 Å². The molecule has 0 saturated heterocycles. The van der Waals surface area contributed by atoms with Crippen molar-refractivity contribution in [2.75, 3.05) is 0 Å². The van der Waals surface area contributed by atoms with Gasteiger partial charge in [0.15, 0.2) is 0 Å². The predicted octanol–water partition coefficient (Wildman–Crippen LogP) is 3.07. The second kappa shape index (κ2) is 2.95. The summed E-state index contributed by atoms with van der Waals surface area (Å²) < 4.78 is 35.9. The molecule has 0 spiro atoms. The molecule has 0 N–H and O–H groups in total. The number of benzene rings is 1. The van der Waals surface area contributed by atoms with Gasteiger partial charge in [0, 0.05) is 12.1 Å². The van der Waals surface area contributed by atoms with Gasteiger partial charge >= 0.3 is 6.18 Å². The molecule has 0 aliphatic carbocycles. The molecule has 0 bridgehead atoms. The first kappa shape index (κ1) is 8.75. The lowest BCUT2D eigenvalue weighted by Gasteiger charge is -1.99. The van der Waals surface area contributed by atoms with Crippen molar-refractivity contribution in [2.24, 2.45) is 0 Å². The lowest BCUT2D eigenvalue weighted by molar-refractivity contribution is -0.0688. The first-order valence-corrected chi connectivity index (χ1v) is 3.27. The Bertz CT molecular complexity index is 272. The van der Waals surface area contributed by atoms with Crippen LogP contribution in [0.5, 0.6) is 0 Å². The Morgan fingerprint density at radius 2 is 1.58 bits per heavy atom. The quantitative estimate of drug-likeness (QED) is 0.569. The van der Waals surface area contributed by atoms with Crippen LogP contribution < -0.4 is 0 Å². The van der Waals surface area contributed by atoms with Crippen molar-refractivity contribution in [3.05, 3.63) is 42.5 Å². The summed E-state index contributed by atoms with van der Waals surface area (Å²) in [6.45, 7) is 4.86. The van der Waals surface area contributed by atoms with Gasteiger partial charge in [-0.3, -0.25) is 0 Å². The Labute approximate surface area is 68.3 Å². The van der Waals surface area contributed by atoms with E-state index in [2.05, 4.69) is 0 Å². The van der Waals surface area contributed by atoms with Crippen LogP contribution in [0.4, 0.5) is 13.2 Å². The van der Waals surface area contributed by atoms with Crippen molar-refractivity contribution < 1.29 is 13.2 Å². The Morgan fingerprint density at radius 3 is 2.00 bits per heavy atom. The number of halogens is 3. The van der Waals surface area contributed by atoms with E-state index in [1.165, 1.54) is 24.3 Å². The summed E-state index contributed by atoms with van der Waals surface area (Å²) in [4.78, 5) is 0. The summed E-state index contributed by atoms with van der Waals surface area (Å²) >= 11 is 0. The normalized spacial score (nSPS) is 11.2. The molecule has 62 valence electrons. The summed E-state index contributed by atoms with van der Waals surface area (Å²) in [6.07, 6.45) is -4.44. The highest BCUT2D eigenvalue weighted by Gasteiger charge is 2.41. The van der Waals surface area contributed by atoms with Crippen LogP contribution in [0.15, 0.2) is 30.3 Å². The Balaban J connectivity index is 2.94. The summed E-state index contributed by atoms with van der Waals surface area (Å²) in [6, 6.07) is 7.29. The van der Waals surface area contributed by atoms with Gasteiger partial charge < -0.3 is 0 Å². The molecule has 1 rings (SSSR count). The molecule has 0 atom stereocenters. The van der Waals surface area contributed by atoms with Gasteiger partial charge in [-0.05, 0) is 12.1 Å². The molecular formula is C9H6F3+. The Kier molecular flexibility index (Phi) is 2.15. The minimum atomic E-state index is -4.44. The van der Waals surface area contributed by atoms with Crippen LogP contribution in [0.2, 0.25) is 0 Å². The zero-order valence-electron chi connectivity index (χ0n) is 6.10. The van der Waals surface area contributed by atoms with Gasteiger partial charge in [0.1, 0.15) is 5.56 Å². The third-order valence-corrected chi connectivity index (χ3v) is 1.39. The maximum Gasteiger partial charge on any atom is 0.464 e. The van der Waals surface area contributed by atoms with E-state index in [9.17, 15) is 13.2 Å². The molecule has 0 amide bonds. The smallest absolute Gasteiger partial charge is 0.162 e. The van der Waals surface area contributed by atoms with Crippen molar-refractivity contribution in [3.63, 3.8) is 0 Å². The van der Waals surface area contributed by atoms with E-state index < -0.39 is 11.7 Å². The monoisotopic (exact) mass is 171 g/mol. The molecule has 0 radical (unpaired) electrons. The maximum absolute atomic E-state index is 12.0. The lowest BCUT2D eigenvalue weighted by atomic mass is 10.1. The molecule has 0 fully saturated rings. The topological polar surface area (TPSA) is 0 Å². The number of alkyl halides is 3. The van der Waals surface area contributed by atoms with Gasteiger partial charge in [-0.25, -0.2) is 0 Å². The second-order valence-electron chi connectivity index (χ2n) is 2.28. The van der Waals surface area contributed by atoms with Gasteiger partial charge in [0.05, 0.1) is 6.58 Å². The average Bonchev–Trinajstić information content (AvgIpc) is 2.03. The van der Waals surface area contributed by atoms with Crippen LogP contribution in [-0.2, 0) is 0 Å². The minimum Gasteiger partial charge on any atom is -0.162 e. The first-order valence-electron chi connectivity index (χ1n) is 3.27. The van der Waals surface area contributed by atoms with E-state index in [4.69, 9.17) is 6.58 Å². The average molecular weight is 171 g/mol.